The second-order valence-electron chi connectivity index (χ2n) is 5.64. The fourth-order valence-corrected chi connectivity index (χ4v) is 2.07. The van der Waals surface area contributed by atoms with Gasteiger partial charge in [0.2, 0.25) is 0 Å². The van der Waals surface area contributed by atoms with E-state index in [2.05, 4.69) is 10.4 Å². The fraction of sp³-hybridized carbons (Fsp3) is 0.235. The van der Waals surface area contributed by atoms with Gasteiger partial charge in [0, 0.05) is 16.9 Å². The van der Waals surface area contributed by atoms with Crippen molar-refractivity contribution in [1.82, 2.24) is 5.12 Å². The molecule has 2 aromatic rings. The maximum Gasteiger partial charge on any atom is 0.416 e. The first kappa shape index (κ1) is 19.5. The molecular formula is C17H20F3N5O. The number of alkyl halides is 3. The number of para-hydroxylation sites is 1. The van der Waals surface area contributed by atoms with E-state index < -0.39 is 17.8 Å². The number of aliphatic hydroxyl groups is 1. The van der Waals surface area contributed by atoms with E-state index in [-0.39, 0.29) is 12.4 Å². The van der Waals surface area contributed by atoms with Crippen molar-refractivity contribution in [2.45, 2.75) is 19.1 Å². The summed E-state index contributed by atoms with van der Waals surface area (Å²) in [4.78, 5) is 0. The van der Waals surface area contributed by atoms with Crippen LogP contribution in [0.2, 0.25) is 0 Å². The summed E-state index contributed by atoms with van der Waals surface area (Å²) in [6.07, 6.45) is -4.39. The van der Waals surface area contributed by atoms with Crippen molar-refractivity contribution in [1.29, 1.82) is 0 Å². The third-order valence-electron chi connectivity index (χ3n) is 3.63. The Labute approximate surface area is 148 Å². The highest BCUT2D eigenvalue weighted by atomic mass is 19.4. The Hall–Kier alpha value is -2.78. The number of hydrazine groups is 1. The molecule has 0 aliphatic carbocycles. The zero-order chi connectivity index (χ0) is 19.3. The molecule has 26 heavy (non-hydrogen) atoms. The summed E-state index contributed by atoms with van der Waals surface area (Å²) in [6, 6.07) is 11.1. The summed E-state index contributed by atoms with van der Waals surface area (Å²) in [5.74, 6) is 5.80. The summed E-state index contributed by atoms with van der Waals surface area (Å²) in [7, 11) is 0. The lowest BCUT2D eigenvalue weighted by molar-refractivity contribution is -0.137. The molecule has 1 unspecified atom stereocenters. The molecule has 0 aliphatic heterocycles. The number of hydrogen-bond acceptors (Lipinski definition) is 5. The largest absolute Gasteiger partial charge is 0.416 e. The van der Waals surface area contributed by atoms with Crippen LogP contribution < -0.4 is 16.9 Å². The van der Waals surface area contributed by atoms with Crippen LogP contribution in [0.5, 0.6) is 0 Å². The number of hydrazone groups is 1. The van der Waals surface area contributed by atoms with Gasteiger partial charge in [-0.25, -0.2) is 11.0 Å². The van der Waals surface area contributed by atoms with Crippen LogP contribution in [0.3, 0.4) is 0 Å². The molecule has 140 valence electrons. The van der Waals surface area contributed by atoms with E-state index in [9.17, 15) is 13.2 Å². The second kappa shape index (κ2) is 8.07. The van der Waals surface area contributed by atoms with Crippen molar-refractivity contribution >= 4 is 17.2 Å². The van der Waals surface area contributed by atoms with Crippen LogP contribution in [0.25, 0.3) is 0 Å². The number of rotatable bonds is 6. The van der Waals surface area contributed by atoms with Gasteiger partial charge in [0.05, 0.1) is 18.2 Å². The van der Waals surface area contributed by atoms with Crippen molar-refractivity contribution in [3.05, 3.63) is 59.7 Å². The first-order valence-electron chi connectivity index (χ1n) is 7.75. The fourth-order valence-electron chi connectivity index (χ4n) is 2.07. The highest BCUT2D eigenvalue weighted by molar-refractivity contribution is 6.02. The van der Waals surface area contributed by atoms with Crippen LogP contribution in [0.4, 0.5) is 24.5 Å². The number of anilines is 2. The maximum atomic E-state index is 12.6. The number of aliphatic hydroxyl groups excluding tert-OH is 1. The van der Waals surface area contributed by atoms with Gasteiger partial charge in [0.25, 0.3) is 0 Å². The lowest BCUT2D eigenvalue weighted by atomic mass is 10.1. The van der Waals surface area contributed by atoms with E-state index in [1.165, 1.54) is 12.1 Å². The van der Waals surface area contributed by atoms with Crippen molar-refractivity contribution in [2.24, 2.45) is 16.7 Å². The summed E-state index contributed by atoms with van der Waals surface area (Å²) in [6.45, 7) is 1.47. The molecule has 0 radical (unpaired) electrons. The van der Waals surface area contributed by atoms with Gasteiger partial charge in [-0.15, -0.1) is 5.10 Å². The van der Waals surface area contributed by atoms with E-state index in [0.29, 0.717) is 16.9 Å². The zero-order valence-corrected chi connectivity index (χ0v) is 14.0. The Morgan fingerprint density at radius 2 is 1.81 bits per heavy atom. The number of halogens is 3. The van der Waals surface area contributed by atoms with Gasteiger partial charge in [-0.1, -0.05) is 12.1 Å². The van der Waals surface area contributed by atoms with Crippen molar-refractivity contribution in [2.75, 3.05) is 11.9 Å². The van der Waals surface area contributed by atoms with E-state index in [0.717, 1.165) is 17.3 Å². The third kappa shape index (κ3) is 4.87. The van der Waals surface area contributed by atoms with Gasteiger partial charge in [0.15, 0.2) is 5.84 Å². The van der Waals surface area contributed by atoms with Gasteiger partial charge < -0.3 is 16.2 Å². The topological polar surface area (TPSA) is 99.9 Å². The zero-order valence-electron chi connectivity index (χ0n) is 14.0. The Morgan fingerprint density at radius 1 is 1.19 bits per heavy atom. The molecule has 9 heteroatoms. The molecular weight excluding hydrogens is 347 g/mol. The molecule has 0 aromatic heterocycles. The van der Waals surface area contributed by atoms with Gasteiger partial charge in [-0.2, -0.15) is 13.2 Å². The first-order valence-corrected chi connectivity index (χ1v) is 7.75. The first-order chi connectivity index (χ1) is 12.2. The van der Waals surface area contributed by atoms with Gasteiger partial charge in [0.1, 0.15) is 0 Å². The maximum absolute atomic E-state index is 12.6. The normalized spacial score (nSPS) is 13.4. The SMILES string of the molecule is CC(CO)N(N)/N=C(\N)c1ccccc1Nc1ccc(C(F)(F)F)cc1. The quantitative estimate of drug-likeness (QED) is 0.272. The number of nitrogens with two attached hydrogens (primary N) is 2. The molecule has 0 bridgehead atoms. The van der Waals surface area contributed by atoms with Crippen LogP contribution >= 0.6 is 0 Å². The number of amidine groups is 1. The summed E-state index contributed by atoms with van der Waals surface area (Å²) < 4.78 is 37.9. The molecule has 0 saturated carbocycles. The summed E-state index contributed by atoms with van der Waals surface area (Å²) in [5.41, 5.74) is 6.79. The lowest BCUT2D eigenvalue weighted by Crippen LogP contribution is -2.39. The van der Waals surface area contributed by atoms with Crippen LogP contribution in [0, 0.1) is 0 Å². The molecule has 0 heterocycles. The molecule has 6 N–H and O–H groups in total. The van der Waals surface area contributed by atoms with Crippen LogP contribution in [0.1, 0.15) is 18.1 Å². The van der Waals surface area contributed by atoms with E-state index in [1.807, 2.05) is 0 Å². The third-order valence-corrected chi connectivity index (χ3v) is 3.63. The van der Waals surface area contributed by atoms with Gasteiger partial charge in [-0.05, 0) is 43.3 Å². The average Bonchev–Trinajstić information content (AvgIpc) is 2.61. The summed E-state index contributed by atoms with van der Waals surface area (Å²) in [5, 5.41) is 17.2. The van der Waals surface area contributed by atoms with E-state index >= 15 is 0 Å². The summed E-state index contributed by atoms with van der Waals surface area (Å²) >= 11 is 0. The molecule has 1 atom stereocenters. The van der Waals surface area contributed by atoms with E-state index in [1.54, 1.807) is 31.2 Å². The number of nitrogens with zero attached hydrogens (tertiary/aromatic N) is 2. The monoisotopic (exact) mass is 367 g/mol. The Morgan fingerprint density at radius 3 is 2.38 bits per heavy atom. The Bertz CT molecular complexity index is 762. The predicted octanol–water partition coefficient (Wildman–Crippen LogP) is 2.63. The number of nitrogens with one attached hydrogen (secondary N) is 1. The molecule has 0 fully saturated rings. The Kier molecular flexibility index (Phi) is 6.06. The average molecular weight is 367 g/mol. The highest BCUT2D eigenvalue weighted by Crippen LogP contribution is 2.30. The molecule has 6 nitrogen and oxygen atoms in total. The van der Waals surface area contributed by atoms with Crippen molar-refractivity contribution in [3.8, 4) is 0 Å². The van der Waals surface area contributed by atoms with Crippen molar-refractivity contribution < 1.29 is 18.3 Å². The smallest absolute Gasteiger partial charge is 0.394 e. The number of benzene rings is 2. The van der Waals surface area contributed by atoms with Gasteiger partial charge in [-0.3, -0.25) is 0 Å². The Balaban J connectivity index is 2.25. The van der Waals surface area contributed by atoms with Crippen molar-refractivity contribution in [3.63, 3.8) is 0 Å². The molecule has 0 saturated heterocycles. The van der Waals surface area contributed by atoms with E-state index in [4.69, 9.17) is 16.7 Å². The van der Waals surface area contributed by atoms with Crippen LogP contribution in [-0.2, 0) is 6.18 Å². The van der Waals surface area contributed by atoms with Crippen LogP contribution in [-0.4, -0.2) is 28.7 Å². The van der Waals surface area contributed by atoms with Gasteiger partial charge >= 0.3 is 6.18 Å². The lowest BCUT2D eigenvalue weighted by Gasteiger charge is -2.20. The minimum absolute atomic E-state index is 0.0998. The second-order valence-corrected chi connectivity index (χ2v) is 5.64. The molecule has 2 rings (SSSR count). The molecule has 2 aromatic carbocycles. The standard InChI is InChI=1S/C17H20F3N5O/c1-11(10-26)25(22)24-16(21)14-4-2-3-5-15(14)23-13-8-6-12(7-9-13)17(18,19)20/h2-9,11,23,26H,10,22H2,1H3,(H2,21,24). The predicted molar refractivity (Wildman–Crippen MR) is 94.5 cm³/mol. The molecule has 0 amide bonds. The molecule has 0 spiro atoms. The van der Waals surface area contributed by atoms with Crippen LogP contribution in [0.15, 0.2) is 53.6 Å². The highest BCUT2D eigenvalue weighted by Gasteiger charge is 2.29. The minimum atomic E-state index is -4.39. The molecule has 0 aliphatic rings. The number of hydrogen-bond donors (Lipinski definition) is 4. The minimum Gasteiger partial charge on any atom is -0.394 e.